The second kappa shape index (κ2) is 8.90. The van der Waals surface area contributed by atoms with Crippen molar-refractivity contribution < 1.29 is 9.53 Å². The third-order valence-electron chi connectivity index (χ3n) is 3.34. The first-order chi connectivity index (χ1) is 11.6. The molecule has 0 heterocycles. The van der Waals surface area contributed by atoms with Gasteiger partial charge in [0.1, 0.15) is 11.8 Å². The summed E-state index contributed by atoms with van der Waals surface area (Å²) in [6, 6.07) is 16.9. The largest absolute Gasteiger partial charge is 0.479 e. The summed E-state index contributed by atoms with van der Waals surface area (Å²) in [7, 11) is 0. The zero-order valence-corrected chi connectivity index (χ0v) is 14.8. The Morgan fingerprint density at radius 3 is 2.54 bits per heavy atom. The van der Waals surface area contributed by atoms with Crippen molar-refractivity contribution in [1.82, 2.24) is 5.32 Å². The number of carbonyl (C=O) groups excluding carboxylic acids is 1. The monoisotopic (exact) mass is 384 g/mol. The maximum absolute atomic E-state index is 12.0. The smallest absolute Gasteiger partial charge is 0.244 e. The minimum Gasteiger partial charge on any atom is -0.479 e. The van der Waals surface area contributed by atoms with Gasteiger partial charge in [-0.1, -0.05) is 40.2 Å². The van der Waals surface area contributed by atoms with Crippen LogP contribution in [0.3, 0.4) is 0 Å². The van der Waals surface area contributed by atoms with Crippen LogP contribution in [0.1, 0.15) is 24.1 Å². The summed E-state index contributed by atoms with van der Waals surface area (Å²) >= 11 is 3.39. The SMILES string of the molecule is CC(NC(=O)/C=C/c1ccc(OCC#N)cc1)c1ccc(Br)cc1. The molecule has 122 valence electrons. The van der Waals surface area contributed by atoms with Crippen molar-refractivity contribution >= 4 is 27.9 Å². The number of carbonyl (C=O) groups is 1. The molecule has 0 saturated heterocycles. The average Bonchev–Trinajstić information content (AvgIpc) is 2.59. The predicted molar refractivity (Wildman–Crippen MR) is 97.3 cm³/mol. The van der Waals surface area contributed by atoms with Crippen molar-refractivity contribution in [3.05, 3.63) is 70.2 Å². The predicted octanol–water partition coefficient (Wildman–Crippen LogP) is 4.24. The molecule has 2 aromatic rings. The summed E-state index contributed by atoms with van der Waals surface area (Å²) < 4.78 is 6.18. The van der Waals surface area contributed by atoms with E-state index in [1.807, 2.05) is 49.4 Å². The number of rotatable bonds is 6. The molecule has 24 heavy (non-hydrogen) atoms. The van der Waals surface area contributed by atoms with Gasteiger partial charge in [-0.3, -0.25) is 4.79 Å². The number of amides is 1. The van der Waals surface area contributed by atoms with Gasteiger partial charge in [-0.25, -0.2) is 0 Å². The van der Waals surface area contributed by atoms with E-state index in [9.17, 15) is 4.79 Å². The summed E-state index contributed by atoms with van der Waals surface area (Å²) in [4.78, 5) is 12.0. The Morgan fingerprint density at radius 2 is 1.92 bits per heavy atom. The van der Waals surface area contributed by atoms with Crippen molar-refractivity contribution in [2.75, 3.05) is 6.61 Å². The van der Waals surface area contributed by atoms with Gasteiger partial charge >= 0.3 is 0 Å². The maximum Gasteiger partial charge on any atom is 0.244 e. The summed E-state index contributed by atoms with van der Waals surface area (Å²) in [5.74, 6) is 0.470. The third kappa shape index (κ3) is 5.56. The summed E-state index contributed by atoms with van der Waals surface area (Å²) in [6.07, 6.45) is 3.23. The van der Waals surface area contributed by atoms with Crippen LogP contribution in [0.15, 0.2) is 59.1 Å². The molecule has 5 heteroatoms. The Bertz CT molecular complexity index is 746. The highest BCUT2D eigenvalue weighted by Crippen LogP contribution is 2.17. The minimum atomic E-state index is -0.157. The van der Waals surface area contributed by atoms with E-state index < -0.39 is 0 Å². The summed E-state index contributed by atoms with van der Waals surface area (Å²) in [5, 5.41) is 11.4. The van der Waals surface area contributed by atoms with Crippen LogP contribution in [-0.2, 0) is 4.79 Å². The van der Waals surface area contributed by atoms with Crippen LogP contribution in [-0.4, -0.2) is 12.5 Å². The number of ether oxygens (including phenoxy) is 1. The molecule has 1 amide bonds. The number of nitrogens with one attached hydrogen (secondary N) is 1. The molecule has 0 bridgehead atoms. The zero-order valence-electron chi connectivity index (χ0n) is 13.2. The first-order valence-corrected chi connectivity index (χ1v) is 8.21. The van der Waals surface area contributed by atoms with Gasteiger partial charge in [0.2, 0.25) is 5.91 Å². The van der Waals surface area contributed by atoms with E-state index in [2.05, 4.69) is 21.2 Å². The maximum atomic E-state index is 12.0. The van der Waals surface area contributed by atoms with Crippen LogP contribution in [0.4, 0.5) is 0 Å². The normalized spacial score (nSPS) is 11.7. The second-order valence-corrected chi connectivity index (χ2v) is 6.05. The van der Waals surface area contributed by atoms with Crippen molar-refractivity contribution in [1.29, 1.82) is 5.26 Å². The number of hydrogen-bond donors (Lipinski definition) is 1. The lowest BCUT2D eigenvalue weighted by Crippen LogP contribution is -2.24. The molecule has 2 aromatic carbocycles. The van der Waals surface area contributed by atoms with Gasteiger partial charge in [0.15, 0.2) is 6.61 Å². The Morgan fingerprint density at radius 1 is 1.25 bits per heavy atom. The van der Waals surface area contributed by atoms with E-state index in [1.165, 1.54) is 6.08 Å². The average molecular weight is 385 g/mol. The summed E-state index contributed by atoms with van der Waals surface area (Å²) in [5.41, 5.74) is 1.92. The minimum absolute atomic E-state index is 0.0194. The third-order valence-corrected chi connectivity index (χ3v) is 3.87. The molecule has 0 aliphatic rings. The number of benzene rings is 2. The van der Waals surface area contributed by atoms with Crippen LogP contribution in [0, 0.1) is 11.3 Å². The molecule has 0 spiro atoms. The molecule has 1 atom stereocenters. The highest BCUT2D eigenvalue weighted by Gasteiger charge is 2.07. The van der Waals surface area contributed by atoms with E-state index in [0.717, 1.165) is 15.6 Å². The molecule has 0 aromatic heterocycles. The van der Waals surface area contributed by atoms with E-state index >= 15 is 0 Å². The Hall–Kier alpha value is -2.58. The summed E-state index contributed by atoms with van der Waals surface area (Å²) in [6.45, 7) is 1.96. The van der Waals surface area contributed by atoms with Crippen LogP contribution in [0.25, 0.3) is 6.08 Å². The fourth-order valence-electron chi connectivity index (χ4n) is 2.06. The van der Waals surface area contributed by atoms with Crippen molar-refractivity contribution in [2.24, 2.45) is 0 Å². The first kappa shape index (κ1) is 17.8. The van der Waals surface area contributed by atoms with Gasteiger partial charge in [0.05, 0.1) is 6.04 Å². The first-order valence-electron chi connectivity index (χ1n) is 7.42. The molecule has 2 rings (SSSR count). The van der Waals surface area contributed by atoms with E-state index in [0.29, 0.717) is 5.75 Å². The van der Waals surface area contributed by atoms with Crippen LogP contribution < -0.4 is 10.1 Å². The number of nitriles is 1. The van der Waals surface area contributed by atoms with Gasteiger partial charge in [0.25, 0.3) is 0 Å². The molecule has 4 nitrogen and oxygen atoms in total. The Balaban J connectivity index is 1.90. The molecule has 1 N–H and O–H groups in total. The van der Waals surface area contributed by atoms with E-state index in [1.54, 1.807) is 18.2 Å². The molecule has 0 fully saturated rings. The number of halogens is 1. The second-order valence-electron chi connectivity index (χ2n) is 5.13. The topological polar surface area (TPSA) is 62.1 Å². The van der Waals surface area contributed by atoms with Gasteiger partial charge in [-0.2, -0.15) is 5.26 Å². The van der Waals surface area contributed by atoms with Gasteiger partial charge in [0, 0.05) is 10.5 Å². The van der Waals surface area contributed by atoms with E-state index in [4.69, 9.17) is 10.00 Å². The zero-order chi connectivity index (χ0) is 17.4. The van der Waals surface area contributed by atoms with E-state index in [-0.39, 0.29) is 18.6 Å². The molecule has 1 unspecified atom stereocenters. The van der Waals surface area contributed by atoms with Crippen molar-refractivity contribution in [3.63, 3.8) is 0 Å². The van der Waals surface area contributed by atoms with Crippen molar-refractivity contribution in [2.45, 2.75) is 13.0 Å². The number of nitrogens with zero attached hydrogens (tertiary/aromatic N) is 1. The lowest BCUT2D eigenvalue weighted by atomic mass is 10.1. The van der Waals surface area contributed by atoms with Gasteiger partial charge in [-0.05, 0) is 48.4 Å². The lowest BCUT2D eigenvalue weighted by Gasteiger charge is -2.12. The Kier molecular flexibility index (Phi) is 6.59. The molecule has 0 radical (unpaired) electrons. The molecular formula is C19H17BrN2O2. The standard InChI is InChI=1S/C19H17BrN2O2/c1-14(16-5-7-17(20)8-6-16)22-19(23)11-4-15-2-9-18(10-3-15)24-13-12-21/h2-11,14H,13H2,1H3,(H,22,23)/b11-4+. The Labute approximate surface area is 149 Å². The fraction of sp³-hybridized carbons (Fsp3) is 0.158. The quantitative estimate of drug-likeness (QED) is 0.757. The lowest BCUT2D eigenvalue weighted by molar-refractivity contribution is -0.117. The molecule has 0 aliphatic carbocycles. The highest BCUT2D eigenvalue weighted by molar-refractivity contribution is 9.10. The fourth-order valence-corrected chi connectivity index (χ4v) is 2.32. The molecular weight excluding hydrogens is 368 g/mol. The van der Waals surface area contributed by atoms with Gasteiger partial charge in [-0.15, -0.1) is 0 Å². The van der Waals surface area contributed by atoms with Crippen molar-refractivity contribution in [3.8, 4) is 11.8 Å². The van der Waals surface area contributed by atoms with Crippen LogP contribution >= 0.6 is 15.9 Å². The molecule has 0 saturated carbocycles. The molecule has 0 aliphatic heterocycles. The van der Waals surface area contributed by atoms with Crippen LogP contribution in [0.5, 0.6) is 5.75 Å². The number of hydrogen-bond acceptors (Lipinski definition) is 3. The van der Waals surface area contributed by atoms with Gasteiger partial charge < -0.3 is 10.1 Å². The highest BCUT2D eigenvalue weighted by atomic mass is 79.9. The van der Waals surface area contributed by atoms with Crippen LogP contribution in [0.2, 0.25) is 0 Å².